The Balaban J connectivity index is 2.08. The zero-order chi connectivity index (χ0) is 12.1. The normalized spacial score (nSPS) is 25.5. The van der Waals surface area contributed by atoms with E-state index in [4.69, 9.17) is 0 Å². The van der Waals surface area contributed by atoms with E-state index in [0.717, 1.165) is 13.0 Å². The summed E-state index contributed by atoms with van der Waals surface area (Å²) in [6.07, 6.45) is 6.18. The summed E-state index contributed by atoms with van der Waals surface area (Å²) >= 11 is 0. The van der Waals surface area contributed by atoms with Gasteiger partial charge >= 0.3 is 0 Å². The van der Waals surface area contributed by atoms with Gasteiger partial charge in [-0.05, 0) is 49.4 Å². The summed E-state index contributed by atoms with van der Waals surface area (Å²) in [6.45, 7) is 3.18. The molecule has 17 heavy (non-hydrogen) atoms. The van der Waals surface area contributed by atoms with Crippen molar-refractivity contribution < 1.29 is 4.39 Å². The molecule has 0 heterocycles. The highest BCUT2D eigenvalue weighted by Gasteiger charge is 2.20. The van der Waals surface area contributed by atoms with Gasteiger partial charge in [0.25, 0.3) is 0 Å². The smallest absolute Gasteiger partial charge is 0.123 e. The predicted octanol–water partition coefficient (Wildman–Crippen LogP) is 3.85. The van der Waals surface area contributed by atoms with Crippen LogP contribution in [0.3, 0.4) is 0 Å². The van der Waals surface area contributed by atoms with E-state index in [2.05, 4.69) is 18.3 Å². The first kappa shape index (κ1) is 12.6. The molecule has 1 aromatic rings. The lowest BCUT2D eigenvalue weighted by molar-refractivity contribution is 0.448. The van der Waals surface area contributed by atoms with E-state index in [9.17, 15) is 4.39 Å². The number of hydrogen-bond acceptors (Lipinski definition) is 1. The minimum Gasteiger partial charge on any atom is -0.314 e. The van der Waals surface area contributed by atoms with Gasteiger partial charge < -0.3 is 5.32 Å². The molecule has 0 bridgehead atoms. The van der Waals surface area contributed by atoms with Crippen LogP contribution in [0, 0.1) is 5.82 Å². The molecule has 1 fully saturated rings. The van der Waals surface area contributed by atoms with Gasteiger partial charge in [0.1, 0.15) is 5.82 Å². The third-order valence-electron chi connectivity index (χ3n) is 3.74. The molecule has 1 aliphatic rings. The number of rotatable bonds is 3. The Kier molecular flexibility index (Phi) is 4.55. The highest BCUT2D eigenvalue weighted by atomic mass is 19.1. The summed E-state index contributed by atoms with van der Waals surface area (Å²) in [6, 6.07) is 7.75. The van der Waals surface area contributed by atoms with Gasteiger partial charge in [-0.25, -0.2) is 4.39 Å². The summed E-state index contributed by atoms with van der Waals surface area (Å²) in [5.74, 6) is 0.420. The molecule has 94 valence electrons. The summed E-state index contributed by atoms with van der Waals surface area (Å²) in [7, 11) is 0. The van der Waals surface area contributed by atoms with Crippen LogP contribution in [-0.2, 0) is 0 Å². The monoisotopic (exact) mass is 235 g/mol. The molecule has 2 heteroatoms. The SMILES string of the molecule is CCNC1CCCCC(c2cccc(F)c2)C1. The van der Waals surface area contributed by atoms with Gasteiger partial charge in [-0.1, -0.05) is 31.9 Å². The predicted molar refractivity (Wildman–Crippen MR) is 69.7 cm³/mol. The lowest BCUT2D eigenvalue weighted by atomic mass is 9.90. The van der Waals surface area contributed by atoms with Crippen LogP contribution >= 0.6 is 0 Å². The number of benzene rings is 1. The Bertz CT molecular complexity index is 351. The van der Waals surface area contributed by atoms with Gasteiger partial charge in [0, 0.05) is 6.04 Å². The average Bonchev–Trinajstić information content (AvgIpc) is 2.55. The first-order valence-electron chi connectivity index (χ1n) is 6.78. The lowest BCUT2D eigenvalue weighted by Crippen LogP contribution is -2.29. The van der Waals surface area contributed by atoms with Crippen LogP contribution < -0.4 is 5.32 Å². The third-order valence-corrected chi connectivity index (χ3v) is 3.74. The first-order chi connectivity index (χ1) is 8.29. The van der Waals surface area contributed by atoms with Crippen molar-refractivity contribution in [3.63, 3.8) is 0 Å². The molecule has 2 rings (SSSR count). The number of hydrogen-bond donors (Lipinski definition) is 1. The Hall–Kier alpha value is -0.890. The van der Waals surface area contributed by atoms with E-state index in [1.54, 1.807) is 6.07 Å². The van der Waals surface area contributed by atoms with Crippen LogP contribution in [0.25, 0.3) is 0 Å². The molecule has 0 aromatic heterocycles. The van der Waals surface area contributed by atoms with Gasteiger partial charge in [0.05, 0.1) is 0 Å². The van der Waals surface area contributed by atoms with Crippen LogP contribution in [-0.4, -0.2) is 12.6 Å². The molecule has 1 N–H and O–H groups in total. The standard InChI is InChI=1S/C15H22FN/c1-2-17-15-9-4-3-6-13(11-15)12-7-5-8-14(16)10-12/h5,7-8,10,13,15,17H,2-4,6,9,11H2,1H3. The largest absolute Gasteiger partial charge is 0.314 e. The molecule has 0 aliphatic heterocycles. The van der Waals surface area contributed by atoms with E-state index in [1.807, 2.05) is 6.07 Å². The van der Waals surface area contributed by atoms with E-state index in [1.165, 1.54) is 37.3 Å². The third kappa shape index (κ3) is 3.53. The van der Waals surface area contributed by atoms with Crippen LogP contribution in [0.1, 0.15) is 50.5 Å². The second kappa shape index (κ2) is 6.15. The van der Waals surface area contributed by atoms with Crippen molar-refractivity contribution in [1.29, 1.82) is 0 Å². The highest BCUT2D eigenvalue weighted by molar-refractivity contribution is 5.21. The molecular weight excluding hydrogens is 213 g/mol. The molecule has 2 unspecified atom stereocenters. The summed E-state index contributed by atoms with van der Waals surface area (Å²) < 4.78 is 13.3. The fraction of sp³-hybridized carbons (Fsp3) is 0.600. The van der Waals surface area contributed by atoms with Gasteiger partial charge in [-0.15, -0.1) is 0 Å². The molecule has 0 radical (unpaired) electrons. The number of nitrogens with one attached hydrogen (secondary N) is 1. The molecule has 1 aromatic carbocycles. The van der Waals surface area contributed by atoms with Gasteiger partial charge in [-0.3, -0.25) is 0 Å². The molecule has 1 saturated carbocycles. The van der Waals surface area contributed by atoms with Crippen molar-refractivity contribution in [2.45, 2.75) is 51.0 Å². The molecule has 1 aliphatic carbocycles. The molecule has 0 saturated heterocycles. The maximum Gasteiger partial charge on any atom is 0.123 e. The van der Waals surface area contributed by atoms with Crippen LogP contribution in [0.4, 0.5) is 4.39 Å². The van der Waals surface area contributed by atoms with Gasteiger partial charge in [0.15, 0.2) is 0 Å². The summed E-state index contributed by atoms with van der Waals surface area (Å²) in [4.78, 5) is 0. The van der Waals surface area contributed by atoms with Crippen molar-refractivity contribution >= 4 is 0 Å². The highest BCUT2D eigenvalue weighted by Crippen LogP contribution is 2.31. The quantitative estimate of drug-likeness (QED) is 0.785. The second-order valence-corrected chi connectivity index (χ2v) is 5.03. The molecule has 2 atom stereocenters. The van der Waals surface area contributed by atoms with E-state index in [0.29, 0.717) is 12.0 Å². The van der Waals surface area contributed by atoms with Crippen molar-refractivity contribution in [2.75, 3.05) is 6.54 Å². The van der Waals surface area contributed by atoms with Crippen LogP contribution in [0.15, 0.2) is 24.3 Å². The summed E-state index contributed by atoms with van der Waals surface area (Å²) in [5, 5.41) is 3.55. The number of halogens is 1. The van der Waals surface area contributed by atoms with Crippen molar-refractivity contribution in [3.8, 4) is 0 Å². The maximum absolute atomic E-state index is 13.3. The van der Waals surface area contributed by atoms with E-state index < -0.39 is 0 Å². The van der Waals surface area contributed by atoms with Crippen LogP contribution in [0.5, 0.6) is 0 Å². The zero-order valence-corrected chi connectivity index (χ0v) is 10.6. The Morgan fingerprint density at radius 2 is 2.12 bits per heavy atom. The lowest BCUT2D eigenvalue weighted by Gasteiger charge is -2.21. The van der Waals surface area contributed by atoms with Crippen molar-refractivity contribution in [2.24, 2.45) is 0 Å². The Morgan fingerprint density at radius 3 is 2.88 bits per heavy atom. The topological polar surface area (TPSA) is 12.0 Å². The maximum atomic E-state index is 13.3. The van der Waals surface area contributed by atoms with Gasteiger partial charge in [-0.2, -0.15) is 0 Å². The zero-order valence-electron chi connectivity index (χ0n) is 10.6. The molecule has 0 amide bonds. The summed E-state index contributed by atoms with van der Waals surface area (Å²) in [5.41, 5.74) is 1.18. The van der Waals surface area contributed by atoms with Crippen molar-refractivity contribution in [1.82, 2.24) is 5.32 Å². The minimum absolute atomic E-state index is 0.105. The van der Waals surface area contributed by atoms with E-state index >= 15 is 0 Å². The van der Waals surface area contributed by atoms with Crippen LogP contribution in [0.2, 0.25) is 0 Å². The fourth-order valence-corrected chi connectivity index (χ4v) is 2.90. The fourth-order valence-electron chi connectivity index (χ4n) is 2.90. The minimum atomic E-state index is -0.105. The second-order valence-electron chi connectivity index (χ2n) is 5.03. The van der Waals surface area contributed by atoms with Crippen molar-refractivity contribution in [3.05, 3.63) is 35.6 Å². The molecule has 1 nitrogen and oxygen atoms in total. The Morgan fingerprint density at radius 1 is 1.29 bits per heavy atom. The molecular formula is C15H22FN. The average molecular weight is 235 g/mol. The van der Waals surface area contributed by atoms with Gasteiger partial charge in [0.2, 0.25) is 0 Å². The Labute approximate surface area is 103 Å². The first-order valence-corrected chi connectivity index (χ1v) is 6.78. The molecule has 0 spiro atoms. The van der Waals surface area contributed by atoms with E-state index in [-0.39, 0.29) is 5.82 Å².